The highest BCUT2D eigenvalue weighted by molar-refractivity contribution is 5.71. The van der Waals surface area contributed by atoms with Gasteiger partial charge in [0, 0.05) is 31.4 Å². The molecule has 0 amide bonds. The summed E-state index contributed by atoms with van der Waals surface area (Å²) in [6, 6.07) is 0. The first-order chi connectivity index (χ1) is 8.61. The highest BCUT2D eigenvalue weighted by Gasteiger charge is 2.46. The Kier molecular flexibility index (Phi) is 2.62. The Hall–Kier alpha value is -1.43. The summed E-state index contributed by atoms with van der Waals surface area (Å²) in [6.07, 6.45) is 2.35. The van der Waals surface area contributed by atoms with Crippen molar-refractivity contribution in [2.75, 3.05) is 30.3 Å². The number of hydrogen-bond acceptors (Lipinski definition) is 4. The SMILES string of the molecule is Nc1cncc(C(F)F)c1N1CCNC2(CC2)C1. The molecule has 2 fully saturated rings. The Morgan fingerprint density at radius 3 is 2.83 bits per heavy atom. The molecule has 3 N–H and O–H groups in total. The minimum atomic E-state index is -2.54. The van der Waals surface area contributed by atoms with Crippen LogP contribution in [0.4, 0.5) is 20.2 Å². The maximum Gasteiger partial charge on any atom is 0.267 e. The van der Waals surface area contributed by atoms with E-state index in [1.165, 1.54) is 12.4 Å². The van der Waals surface area contributed by atoms with Gasteiger partial charge < -0.3 is 16.0 Å². The van der Waals surface area contributed by atoms with Crippen molar-refractivity contribution in [2.45, 2.75) is 24.8 Å². The van der Waals surface area contributed by atoms with E-state index in [0.717, 1.165) is 25.9 Å². The molecule has 0 aromatic carbocycles. The molecule has 98 valence electrons. The Labute approximate surface area is 104 Å². The minimum Gasteiger partial charge on any atom is -0.396 e. The highest BCUT2D eigenvalue weighted by Crippen LogP contribution is 2.41. The second kappa shape index (κ2) is 4.05. The van der Waals surface area contributed by atoms with Gasteiger partial charge in [0.1, 0.15) is 0 Å². The van der Waals surface area contributed by atoms with E-state index in [0.29, 0.717) is 17.9 Å². The van der Waals surface area contributed by atoms with Crippen molar-refractivity contribution in [3.8, 4) is 0 Å². The molecule has 0 atom stereocenters. The van der Waals surface area contributed by atoms with Crippen molar-refractivity contribution in [3.05, 3.63) is 18.0 Å². The molecule has 0 radical (unpaired) electrons. The average Bonchev–Trinajstić information content (AvgIpc) is 3.08. The molecular formula is C12H16F2N4. The summed E-state index contributed by atoms with van der Waals surface area (Å²) in [6.45, 7) is 2.26. The first-order valence-corrected chi connectivity index (χ1v) is 6.13. The number of nitrogens with one attached hydrogen (secondary N) is 1. The minimum absolute atomic E-state index is 0.0623. The average molecular weight is 254 g/mol. The van der Waals surface area contributed by atoms with Crippen LogP contribution in [0.5, 0.6) is 0 Å². The monoisotopic (exact) mass is 254 g/mol. The molecule has 2 heterocycles. The van der Waals surface area contributed by atoms with Crippen molar-refractivity contribution < 1.29 is 8.78 Å². The fourth-order valence-electron chi connectivity index (χ4n) is 2.64. The summed E-state index contributed by atoms with van der Waals surface area (Å²) in [4.78, 5) is 5.74. The molecule has 3 rings (SSSR count). The standard InChI is InChI=1S/C12H16F2N4/c13-11(14)8-5-16-6-9(15)10(8)18-4-3-17-12(7-18)1-2-12/h5-6,11,17H,1-4,7,15H2. The summed E-state index contributed by atoms with van der Waals surface area (Å²) in [5.41, 5.74) is 6.72. The number of rotatable bonds is 2. The molecule has 1 aliphatic heterocycles. The molecule has 1 aliphatic carbocycles. The Balaban J connectivity index is 1.95. The van der Waals surface area contributed by atoms with E-state index in [1.54, 1.807) is 0 Å². The predicted octanol–water partition coefficient (Wildman–Crippen LogP) is 1.54. The zero-order chi connectivity index (χ0) is 12.8. The van der Waals surface area contributed by atoms with Crippen molar-refractivity contribution in [3.63, 3.8) is 0 Å². The van der Waals surface area contributed by atoms with Gasteiger partial charge in [-0.1, -0.05) is 0 Å². The molecule has 1 aromatic rings. The second-order valence-corrected chi connectivity index (χ2v) is 5.10. The van der Waals surface area contributed by atoms with Gasteiger partial charge in [0.15, 0.2) is 0 Å². The molecule has 0 unspecified atom stereocenters. The van der Waals surface area contributed by atoms with Crippen LogP contribution in [0.15, 0.2) is 12.4 Å². The fourth-order valence-corrected chi connectivity index (χ4v) is 2.64. The lowest BCUT2D eigenvalue weighted by atomic mass is 10.1. The molecule has 1 aromatic heterocycles. The van der Waals surface area contributed by atoms with Crippen LogP contribution >= 0.6 is 0 Å². The van der Waals surface area contributed by atoms with Gasteiger partial charge in [0.05, 0.1) is 23.1 Å². The lowest BCUT2D eigenvalue weighted by Gasteiger charge is -2.37. The van der Waals surface area contributed by atoms with E-state index in [9.17, 15) is 8.78 Å². The van der Waals surface area contributed by atoms with Gasteiger partial charge in [0.2, 0.25) is 0 Å². The largest absolute Gasteiger partial charge is 0.396 e. The molecule has 4 nitrogen and oxygen atoms in total. The number of nitrogens with two attached hydrogens (primary N) is 1. The number of nitrogens with zero attached hydrogens (tertiary/aromatic N) is 2. The third kappa shape index (κ3) is 1.90. The summed E-state index contributed by atoms with van der Waals surface area (Å²) < 4.78 is 26.1. The van der Waals surface area contributed by atoms with Crippen molar-refractivity contribution in [2.24, 2.45) is 0 Å². The smallest absolute Gasteiger partial charge is 0.267 e. The van der Waals surface area contributed by atoms with Gasteiger partial charge in [-0.15, -0.1) is 0 Å². The lowest BCUT2D eigenvalue weighted by molar-refractivity contribution is 0.151. The van der Waals surface area contributed by atoms with Crippen LogP contribution in [-0.2, 0) is 0 Å². The Bertz CT molecular complexity index is 459. The number of piperazine rings is 1. The third-order valence-corrected chi connectivity index (χ3v) is 3.75. The third-order valence-electron chi connectivity index (χ3n) is 3.75. The number of nitrogen functional groups attached to an aromatic ring is 1. The number of hydrogen-bond donors (Lipinski definition) is 2. The van der Waals surface area contributed by atoms with E-state index in [1.807, 2.05) is 4.90 Å². The predicted molar refractivity (Wildman–Crippen MR) is 65.8 cm³/mol. The van der Waals surface area contributed by atoms with Gasteiger partial charge in [-0.25, -0.2) is 8.78 Å². The number of halogens is 2. The molecule has 1 spiro atoms. The molecule has 1 saturated heterocycles. The van der Waals surface area contributed by atoms with E-state index in [2.05, 4.69) is 10.3 Å². The van der Waals surface area contributed by atoms with E-state index in [4.69, 9.17) is 5.73 Å². The molecule has 18 heavy (non-hydrogen) atoms. The van der Waals surface area contributed by atoms with Crippen LogP contribution in [-0.4, -0.2) is 30.2 Å². The Morgan fingerprint density at radius 2 is 2.17 bits per heavy atom. The van der Waals surface area contributed by atoms with Gasteiger partial charge >= 0.3 is 0 Å². The number of aromatic nitrogens is 1. The second-order valence-electron chi connectivity index (χ2n) is 5.10. The van der Waals surface area contributed by atoms with Crippen LogP contribution in [0, 0.1) is 0 Å². The van der Waals surface area contributed by atoms with Gasteiger partial charge in [-0.3, -0.25) is 4.98 Å². The quantitative estimate of drug-likeness (QED) is 0.840. The van der Waals surface area contributed by atoms with Crippen LogP contribution in [0.3, 0.4) is 0 Å². The van der Waals surface area contributed by atoms with Crippen LogP contribution in [0.25, 0.3) is 0 Å². The zero-order valence-electron chi connectivity index (χ0n) is 10.00. The zero-order valence-corrected chi connectivity index (χ0v) is 10.00. The van der Waals surface area contributed by atoms with Crippen molar-refractivity contribution in [1.29, 1.82) is 0 Å². The number of anilines is 2. The van der Waals surface area contributed by atoms with Gasteiger partial charge in [-0.05, 0) is 12.8 Å². The molecule has 2 aliphatic rings. The highest BCUT2D eigenvalue weighted by atomic mass is 19.3. The van der Waals surface area contributed by atoms with E-state index >= 15 is 0 Å². The van der Waals surface area contributed by atoms with E-state index < -0.39 is 6.43 Å². The first kappa shape index (κ1) is 11.6. The molecule has 0 bridgehead atoms. The normalized spacial score (nSPS) is 21.6. The summed E-state index contributed by atoms with van der Waals surface area (Å²) in [5.74, 6) is 0. The lowest BCUT2D eigenvalue weighted by Crippen LogP contribution is -2.53. The van der Waals surface area contributed by atoms with Crippen molar-refractivity contribution in [1.82, 2.24) is 10.3 Å². The van der Waals surface area contributed by atoms with Crippen LogP contribution < -0.4 is 16.0 Å². The van der Waals surface area contributed by atoms with Gasteiger partial charge in [0.25, 0.3) is 6.43 Å². The topological polar surface area (TPSA) is 54.2 Å². The number of alkyl halides is 2. The molecule has 1 saturated carbocycles. The number of pyridine rings is 1. The van der Waals surface area contributed by atoms with Gasteiger partial charge in [-0.2, -0.15) is 0 Å². The Morgan fingerprint density at radius 1 is 1.39 bits per heavy atom. The summed E-state index contributed by atoms with van der Waals surface area (Å²) >= 11 is 0. The van der Waals surface area contributed by atoms with Crippen molar-refractivity contribution >= 4 is 11.4 Å². The maximum atomic E-state index is 13.0. The van der Waals surface area contributed by atoms with Crippen LogP contribution in [0.1, 0.15) is 24.8 Å². The molecule has 6 heteroatoms. The first-order valence-electron chi connectivity index (χ1n) is 6.13. The van der Waals surface area contributed by atoms with Crippen LogP contribution in [0.2, 0.25) is 0 Å². The summed E-state index contributed by atoms with van der Waals surface area (Å²) in [7, 11) is 0. The van der Waals surface area contributed by atoms with E-state index in [-0.39, 0.29) is 11.1 Å². The fraction of sp³-hybridized carbons (Fsp3) is 0.583. The maximum absolute atomic E-state index is 13.0. The molecular weight excluding hydrogens is 238 g/mol. The summed E-state index contributed by atoms with van der Waals surface area (Å²) in [5, 5.41) is 3.45.